The van der Waals surface area contributed by atoms with E-state index in [1.54, 1.807) is 0 Å². The van der Waals surface area contributed by atoms with Crippen molar-refractivity contribution in [3.63, 3.8) is 0 Å². The predicted octanol–water partition coefficient (Wildman–Crippen LogP) is 1.93. The first-order valence-corrected chi connectivity index (χ1v) is 5.67. The highest BCUT2D eigenvalue weighted by Crippen LogP contribution is 2.30. The Morgan fingerprint density at radius 1 is 1.26 bits per heavy atom. The van der Waals surface area contributed by atoms with Crippen molar-refractivity contribution in [2.75, 3.05) is 11.9 Å². The maximum Gasteiger partial charge on any atom is 0.299 e. The Kier molecular flexibility index (Phi) is 4.76. The van der Waals surface area contributed by atoms with Gasteiger partial charge in [0.1, 0.15) is 5.69 Å². The number of nitro groups is 2. The van der Waals surface area contributed by atoms with Gasteiger partial charge in [0.25, 0.3) is 11.4 Å². The minimum Gasteiger partial charge on any atom is -0.394 e. The van der Waals surface area contributed by atoms with Crippen molar-refractivity contribution in [3.05, 3.63) is 38.4 Å². The van der Waals surface area contributed by atoms with Gasteiger partial charge in [0.2, 0.25) is 0 Å². The van der Waals surface area contributed by atoms with Crippen molar-refractivity contribution in [1.29, 1.82) is 0 Å². The van der Waals surface area contributed by atoms with E-state index in [1.165, 1.54) is 12.1 Å². The number of aliphatic hydroxyl groups excluding tert-OH is 1. The van der Waals surface area contributed by atoms with Gasteiger partial charge in [-0.05, 0) is 12.0 Å². The van der Waals surface area contributed by atoms with Crippen LogP contribution < -0.4 is 5.32 Å². The number of anilines is 1. The zero-order chi connectivity index (χ0) is 14.6. The summed E-state index contributed by atoms with van der Waals surface area (Å²) in [4.78, 5) is 20.1. The van der Waals surface area contributed by atoms with Crippen LogP contribution in [-0.2, 0) is 0 Å². The van der Waals surface area contributed by atoms with Crippen LogP contribution in [0.5, 0.6) is 0 Å². The van der Waals surface area contributed by atoms with E-state index in [4.69, 9.17) is 0 Å². The molecule has 0 aliphatic heterocycles. The number of nitro benzene ring substituents is 2. The van der Waals surface area contributed by atoms with E-state index in [9.17, 15) is 25.3 Å². The highest BCUT2D eigenvalue weighted by atomic mass is 16.6. The second-order valence-corrected chi connectivity index (χ2v) is 4.39. The summed E-state index contributed by atoms with van der Waals surface area (Å²) in [6.07, 6.45) is 0. The lowest BCUT2D eigenvalue weighted by molar-refractivity contribution is -0.393. The second-order valence-electron chi connectivity index (χ2n) is 4.39. The maximum absolute atomic E-state index is 10.9. The lowest BCUT2D eigenvalue weighted by Crippen LogP contribution is -2.29. The third-order valence-electron chi connectivity index (χ3n) is 2.73. The molecule has 0 radical (unpaired) electrons. The molecule has 0 aliphatic carbocycles. The SMILES string of the molecule is CC(C)C(CO)Nc1ccc([N+](=O)[O-])cc1[N+](=O)[O-]. The van der Waals surface area contributed by atoms with Crippen molar-refractivity contribution < 1.29 is 15.0 Å². The Balaban J connectivity index is 3.13. The summed E-state index contributed by atoms with van der Waals surface area (Å²) < 4.78 is 0. The van der Waals surface area contributed by atoms with Gasteiger partial charge >= 0.3 is 0 Å². The first-order chi connectivity index (χ1) is 8.86. The van der Waals surface area contributed by atoms with E-state index in [-0.39, 0.29) is 35.6 Å². The average Bonchev–Trinajstić information content (AvgIpc) is 2.35. The molecule has 1 atom stereocenters. The van der Waals surface area contributed by atoms with Crippen LogP contribution in [0, 0.1) is 26.1 Å². The van der Waals surface area contributed by atoms with Gasteiger partial charge in [-0.1, -0.05) is 13.8 Å². The molecule has 0 bridgehead atoms. The Bertz CT molecular complexity index is 489. The summed E-state index contributed by atoms with van der Waals surface area (Å²) in [6, 6.07) is 3.00. The standard InChI is InChI=1S/C11H15N3O5/c1-7(2)10(6-15)12-9-4-3-8(13(16)17)5-11(9)14(18)19/h3-5,7,10,12,15H,6H2,1-2H3. The van der Waals surface area contributed by atoms with Crippen molar-refractivity contribution in [2.45, 2.75) is 19.9 Å². The smallest absolute Gasteiger partial charge is 0.299 e. The molecule has 0 saturated heterocycles. The molecule has 0 heterocycles. The topological polar surface area (TPSA) is 119 Å². The number of hydrogen-bond acceptors (Lipinski definition) is 6. The fraction of sp³-hybridized carbons (Fsp3) is 0.455. The van der Waals surface area contributed by atoms with Crippen molar-refractivity contribution in [1.82, 2.24) is 0 Å². The first-order valence-electron chi connectivity index (χ1n) is 5.67. The molecular weight excluding hydrogens is 254 g/mol. The molecule has 8 nitrogen and oxygen atoms in total. The second kappa shape index (κ2) is 6.10. The molecule has 0 aromatic heterocycles. The Morgan fingerprint density at radius 2 is 1.89 bits per heavy atom. The van der Waals surface area contributed by atoms with Crippen LogP contribution in [-0.4, -0.2) is 27.6 Å². The zero-order valence-corrected chi connectivity index (χ0v) is 10.6. The molecular formula is C11H15N3O5. The van der Waals surface area contributed by atoms with E-state index in [1.807, 2.05) is 13.8 Å². The summed E-state index contributed by atoms with van der Waals surface area (Å²) in [6.45, 7) is 3.52. The van der Waals surface area contributed by atoms with Crippen LogP contribution in [0.3, 0.4) is 0 Å². The average molecular weight is 269 g/mol. The maximum atomic E-state index is 10.9. The third kappa shape index (κ3) is 3.62. The molecule has 0 aliphatic rings. The minimum absolute atomic E-state index is 0.0554. The van der Waals surface area contributed by atoms with Crippen LogP contribution in [0.2, 0.25) is 0 Å². The Hall–Kier alpha value is -2.22. The monoisotopic (exact) mass is 269 g/mol. The normalized spacial score (nSPS) is 12.2. The predicted molar refractivity (Wildman–Crippen MR) is 69.1 cm³/mol. The van der Waals surface area contributed by atoms with Gasteiger partial charge in [-0.3, -0.25) is 20.2 Å². The largest absolute Gasteiger partial charge is 0.394 e. The number of hydrogen-bond donors (Lipinski definition) is 2. The van der Waals surface area contributed by atoms with Gasteiger partial charge < -0.3 is 10.4 Å². The van der Waals surface area contributed by atoms with E-state index in [0.717, 1.165) is 6.07 Å². The van der Waals surface area contributed by atoms with Crippen molar-refractivity contribution in [2.24, 2.45) is 5.92 Å². The highest BCUT2D eigenvalue weighted by molar-refractivity contribution is 5.65. The molecule has 0 amide bonds. The minimum atomic E-state index is -0.692. The van der Waals surface area contributed by atoms with E-state index < -0.39 is 9.85 Å². The van der Waals surface area contributed by atoms with Crippen LogP contribution >= 0.6 is 0 Å². The van der Waals surface area contributed by atoms with Crippen molar-refractivity contribution in [3.8, 4) is 0 Å². The fourth-order valence-electron chi connectivity index (χ4n) is 1.53. The Morgan fingerprint density at radius 3 is 2.32 bits per heavy atom. The molecule has 1 rings (SSSR count). The van der Waals surface area contributed by atoms with Crippen LogP contribution in [0.15, 0.2) is 18.2 Å². The summed E-state index contributed by atoms with van der Waals surface area (Å²) in [5, 5.41) is 33.5. The molecule has 0 fully saturated rings. The quantitative estimate of drug-likeness (QED) is 0.601. The third-order valence-corrected chi connectivity index (χ3v) is 2.73. The van der Waals surface area contributed by atoms with Crippen molar-refractivity contribution >= 4 is 17.1 Å². The molecule has 104 valence electrons. The Labute approximate surface area is 109 Å². The summed E-state index contributed by atoms with van der Waals surface area (Å²) in [5.74, 6) is 0.0554. The summed E-state index contributed by atoms with van der Waals surface area (Å²) in [7, 11) is 0. The summed E-state index contributed by atoms with van der Waals surface area (Å²) in [5.41, 5.74) is -0.570. The number of nitrogens with zero attached hydrogens (tertiary/aromatic N) is 2. The molecule has 19 heavy (non-hydrogen) atoms. The molecule has 8 heteroatoms. The molecule has 1 unspecified atom stereocenters. The zero-order valence-electron chi connectivity index (χ0n) is 10.6. The van der Waals surface area contributed by atoms with E-state index in [0.29, 0.717) is 0 Å². The summed E-state index contributed by atoms with van der Waals surface area (Å²) >= 11 is 0. The van der Waals surface area contributed by atoms with Gasteiger partial charge in [-0.25, -0.2) is 0 Å². The molecule has 1 aromatic rings. The van der Waals surface area contributed by atoms with Gasteiger partial charge in [0.05, 0.1) is 28.6 Å². The molecule has 2 N–H and O–H groups in total. The first kappa shape index (κ1) is 14.8. The lowest BCUT2D eigenvalue weighted by atomic mass is 10.0. The van der Waals surface area contributed by atoms with Gasteiger partial charge in [0, 0.05) is 6.07 Å². The molecule has 0 saturated carbocycles. The molecule has 0 spiro atoms. The van der Waals surface area contributed by atoms with E-state index in [2.05, 4.69) is 5.32 Å². The van der Waals surface area contributed by atoms with Crippen LogP contribution in [0.4, 0.5) is 17.1 Å². The number of aliphatic hydroxyl groups is 1. The number of nitrogens with one attached hydrogen (secondary N) is 1. The fourth-order valence-corrected chi connectivity index (χ4v) is 1.53. The lowest BCUT2D eigenvalue weighted by Gasteiger charge is -2.20. The number of rotatable bonds is 6. The van der Waals surface area contributed by atoms with E-state index >= 15 is 0 Å². The van der Waals surface area contributed by atoms with Gasteiger partial charge in [-0.2, -0.15) is 0 Å². The number of benzene rings is 1. The number of non-ortho nitro benzene ring substituents is 1. The van der Waals surface area contributed by atoms with Crippen LogP contribution in [0.25, 0.3) is 0 Å². The molecule has 1 aromatic carbocycles. The van der Waals surface area contributed by atoms with Gasteiger partial charge in [-0.15, -0.1) is 0 Å². The van der Waals surface area contributed by atoms with Crippen LogP contribution in [0.1, 0.15) is 13.8 Å². The van der Waals surface area contributed by atoms with Gasteiger partial charge in [0.15, 0.2) is 0 Å². The highest BCUT2D eigenvalue weighted by Gasteiger charge is 2.22.